The first kappa shape index (κ1) is 16.3. The molecule has 23 heavy (non-hydrogen) atoms. The second kappa shape index (κ2) is 7.32. The van der Waals surface area contributed by atoms with Gasteiger partial charge >= 0.3 is 0 Å². The molecule has 0 aromatic heterocycles. The van der Waals surface area contributed by atoms with E-state index in [0.717, 1.165) is 63.5 Å². The van der Waals surface area contributed by atoms with Crippen LogP contribution in [0.15, 0.2) is 18.2 Å². The summed E-state index contributed by atoms with van der Waals surface area (Å²) in [6, 6.07) is 6.32. The van der Waals surface area contributed by atoms with Crippen LogP contribution in [-0.2, 0) is 4.74 Å². The maximum Gasteiger partial charge on any atom is 0.254 e. The lowest BCUT2D eigenvalue weighted by molar-refractivity contribution is 0.0137. The first-order valence-electron chi connectivity index (χ1n) is 8.45. The van der Waals surface area contributed by atoms with Crippen molar-refractivity contribution in [2.45, 2.75) is 25.8 Å². The van der Waals surface area contributed by atoms with Crippen molar-refractivity contribution in [3.05, 3.63) is 29.3 Å². The molecule has 1 aromatic carbocycles. The lowest BCUT2D eigenvalue weighted by Crippen LogP contribution is -2.53. The molecule has 2 heterocycles. The molecule has 3 rings (SSSR count). The smallest absolute Gasteiger partial charge is 0.254 e. The Morgan fingerprint density at radius 1 is 1.17 bits per heavy atom. The van der Waals surface area contributed by atoms with Crippen molar-refractivity contribution in [2.24, 2.45) is 0 Å². The molecule has 2 saturated heterocycles. The minimum absolute atomic E-state index is 0.106. The summed E-state index contributed by atoms with van der Waals surface area (Å²) in [7, 11) is 1.64. The molecule has 5 heteroatoms. The number of piperazine rings is 1. The van der Waals surface area contributed by atoms with Gasteiger partial charge in [0.15, 0.2) is 0 Å². The van der Waals surface area contributed by atoms with Crippen LogP contribution in [0.5, 0.6) is 5.75 Å². The molecule has 0 aliphatic carbocycles. The zero-order chi connectivity index (χ0) is 16.2. The van der Waals surface area contributed by atoms with E-state index in [1.807, 2.05) is 30.0 Å². The maximum absolute atomic E-state index is 12.7. The average Bonchev–Trinajstić information content (AvgIpc) is 2.62. The first-order chi connectivity index (χ1) is 11.2. The van der Waals surface area contributed by atoms with Gasteiger partial charge in [-0.1, -0.05) is 6.07 Å². The van der Waals surface area contributed by atoms with Gasteiger partial charge in [-0.15, -0.1) is 0 Å². The Kier molecular flexibility index (Phi) is 5.18. The fourth-order valence-corrected chi connectivity index (χ4v) is 3.48. The molecule has 0 radical (unpaired) electrons. The third-order valence-electron chi connectivity index (χ3n) is 4.96. The Morgan fingerprint density at radius 2 is 1.87 bits per heavy atom. The Bertz CT molecular complexity index is 547. The van der Waals surface area contributed by atoms with Crippen LogP contribution >= 0.6 is 0 Å². The number of ether oxygens (including phenoxy) is 2. The van der Waals surface area contributed by atoms with Gasteiger partial charge in [-0.05, 0) is 37.5 Å². The summed E-state index contributed by atoms with van der Waals surface area (Å²) < 4.78 is 10.8. The lowest BCUT2D eigenvalue weighted by Gasteiger charge is -2.40. The van der Waals surface area contributed by atoms with Crippen molar-refractivity contribution in [1.29, 1.82) is 0 Å². The monoisotopic (exact) mass is 318 g/mol. The van der Waals surface area contributed by atoms with Crippen molar-refractivity contribution >= 4 is 5.91 Å². The van der Waals surface area contributed by atoms with Gasteiger partial charge in [0.25, 0.3) is 5.91 Å². The van der Waals surface area contributed by atoms with Gasteiger partial charge in [0.2, 0.25) is 0 Å². The molecule has 2 fully saturated rings. The third-order valence-corrected chi connectivity index (χ3v) is 4.96. The number of carbonyl (C=O) groups excluding carboxylic acids is 1. The van der Waals surface area contributed by atoms with E-state index in [0.29, 0.717) is 11.6 Å². The van der Waals surface area contributed by atoms with E-state index in [4.69, 9.17) is 9.47 Å². The molecule has 0 saturated carbocycles. The van der Waals surface area contributed by atoms with E-state index in [1.165, 1.54) is 0 Å². The van der Waals surface area contributed by atoms with Gasteiger partial charge in [0.1, 0.15) is 5.75 Å². The maximum atomic E-state index is 12.7. The van der Waals surface area contributed by atoms with Gasteiger partial charge < -0.3 is 14.4 Å². The second-order valence-corrected chi connectivity index (χ2v) is 6.36. The standard InChI is InChI=1S/C18H26N2O3/c1-14-3-4-15(13-17(14)22-2)18(21)20-9-7-19(8-10-20)16-5-11-23-12-6-16/h3-4,13,16H,5-12H2,1-2H3. The largest absolute Gasteiger partial charge is 0.496 e. The van der Waals surface area contributed by atoms with E-state index in [9.17, 15) is 4.79 Å². The highest BCUT2D eigenvalue weighted by Gasteiger charge is 2.27. The number of amides is 1. The van der Waals surface area contributed by atoms with Crippen LogP contribution in [-0.4, -0.2) is 68.3 Å². The Morgan fingerprint density at radius 3 is 2.52 bits per heavy atom. The van der Waals surface area contributed by atoms with Crippen molar-refractivity contribution in [1.82, 2.24) is 9.80 Å². The Balaban J connectivity index is 1.59. The third kappa shape index (κ3) is 3.67. The minimum atomic E-state index is 0.106. The molecular weight excluding hydrogens is 292 g/mol. The van der Waals surface area contributed by atoms with Gasteiger partial charge in [-0.2, -0.15) is 0 Å². The van der Waals surface area contributed by atoms with Crippen LogP contribution in [0.4, 0.5) is 0 Å². The number of nitrogens with zero attached hydrogens (tertiary/aromatic N) is 2. The topological polar surface area (TPSA) is 42.0 Å². The molecular formula is C18H26N2O3. The summed E-state index contributed by atoms with van der Waals surface area (Å²) in [4.78, 5) is 17.2. The molecule has 0 unspecified atom stereocenters. The van der Waals surface area contributed by atoms with Gasteiger partial charge in [-0.3, -0.25) is 9.69 Å². The summed E-state index contributed by atoms with van der Waals surface area (Å²) >= 11 is 0. The van der Waals surface area contributed by atoms with E-state index >= 15 is 0 Å². The predicted molar refractivity (Wildman–Crippen MR) is 89.0 cm³/mol. The molecule has 0 atom stereocenters. The molecule has 1 amide bonds. The molecule has 126 valence electrons. The van der Waals surface area contributed by atoms with Crippen molar-refractivity contribution in [2.75, 3.05) is 46.5 Å². The normalized spacial score (nSPS) is 20.5. The van der Waals surface area contributed by atoms with Crippen LogP contribution in [0.2, 0.25) is 0 Å². The van der Waals surface area contributed by atoms with Crippen LogP contribution in [0.3, 0.4) is 0 Å². The van der Waals surface area contributed by atoms with E-state index in [1.54, 1.807) is 7.11 Å². The highest BCUT2D eigenvalue weighted by molar-refractivity contribution is 5.94. The molecule has 0 N–H and O–H groups in total. The van der Waals surface area contributed by atoms with Gasteiger partial charge in [0, 0.05) is 51.0 Å². The van der Waals surface area contributed by atoms with Crippen LogP contribution in [0.1, 0.15) is 28.8 Å². The fourth-order valence-electron chi connectivity index (χ4n) is 3.48. The number of hydrogen-bond donors (Lipinski definition) is 0. The summed E-state index contributed by atoms with van der Waals surface area (Å²) in [5.41, 5.74) is 1.76. The minimum Gasteiger partial charge on any atom is -0.496 e. The van der Waals surface area contributed by atoms with E-state index in [2.05, 4.69) is 4.90 Å². The summed E-state index contributed by atoms with van der Waals surface area (Å²) in [5, 5.41) is 0. The average molecular weight is 318 g/mol. The van der Waals surface area contributed by atoms with Crippen LogP contribution in [0.25, 0.3) is 0 Å². The number of rotatable bonds is 3. The summed E-state index contributed by atoms with van der Waals surface area (Å²) in [6.07, 6.45) is 2.23. The van der Waals surface area contributed by atoms with Crippen molar-refractivity contribution in [3.63, 3.8) is 0 Å². The molecule has 0 spiro atoms. The van der Waals surface area contributed by atoms with Crippen molar-refractivity contribution < 1.29 is 14.3 Å². The van der Waals surface area contributed by atoms with Crippen molar-refractivity contribution in [3.8, 4) is 5.75 Å². The zero-order valence-electron chi connectivity index (χ0n) is 14.1. The molecule has 0 bridgehead atoms. The molecule has 2 aliphatic heterocycles. The van der Waals surface area contributed by atoms with E-state index < -0.39 is 0 Å². The van der Waals surface area contributed by atoms with Crippen LogP contribution < -0.4 is 4.74 Å². The summed E-state index contributed by atoms with van der Waals surface area (Å²) in [5.74, 6) is 0.881. The highest BCUT2D eigenvalue weighted by Crippen LogP contribution is 2.21. The molecule has 1 aromatic rings. The number of aryl methyl sites for hydroxylation is 1. The quantitative estimate of drug-likeness (QED) is 0.854. The van der Waals surface area contributed by atoms with Crippen LogP contribution in [0, 0.1) is 6.92 Å². The zero-order valence-corrected chi connectivity index (χ0v) is 14.1. The number of benzene rings is 1. The number of hydrogen-bond acceptors (Lipinski definition) is 4. The fraction of sp³-hybridized carbons (Fsp3) is 0.611. The predicted octanol–water partition coefficient (Wildman–Crippen LogP) is 1.94. The van der Waals surface area contributed by atoms with E-state index in [-0.39, 0.29) is 5.91 Å². The molecule has 2 aliphatic rings. The summed E-state index contributed by atoms with van der Waals surface area (Å²) in [6.45, 7) is 7.23. The Hall–Kier alpha value is -1.59. The number of methoxy groups -OCH3 is 1. The van der Waals surface area contributed by atoms with Gasteiger partial charge in [0.05, 0.1) is 7.11 Å². The van der Waals surface area contributed by atoms with Gasteiger partial charge in [-0.25, -0.2) is 0 Å². The first-order valence-corrected chi connectivity index (χ1v) is 8.45. The number of carbonyl (C=O) groups is 1. The Labute approximate surface area is 138 Å². The second-order valence-electron chi connectivity index (χ2n) is 6.36. The molecule has 5 nitrogen and oxygen atoms in total. The highest BCUT2D eigenvalue weighted by atomic mass is 16.5. The lowest BCUT2D eigenvalue weighted by atomic mass is 10.1. The SMILES string of the molecule is COc1cc(C(=O)N2CCN(C3CCOCC3)CC2)ccc1C.